The maximum atomic E-state index is 2.34. The van der Waals surface area contributed by atoms with Crippen LogP contribution in [0.4, 0.5) is 0 Å². The Morgan fingerprint density at radius 1 is 1.25 bits per heavy atom. The normalized spacial score (nSPS) is 11.5. The van der Waals surface area contributed by atoms with Gasteiger partial charge in [-0.25, -0.2) is 0 Å². The quantitative estimate of drug-likeness (QED) is 0.762. The summed E-state index contributed by atoms with van der Waals surface area (Å²) in [4.78, 5) is 0. The van der Waals surface area contributed by atoms with Crippen molar-refractivity contribution >= 4 is 22.7 Å². The summed E-state index contributed by atoms with van der Waals surface area (Å²) in [5.41, 5.74) is 2.83. The summed E-state index contributed by atoms with van der Waals surface area (Å²) in [6, 6.07) is 8.69. The van der Waals surface area contributed by atoms with E-state index in [2.05, 4.69) is 55.8 Å². The molecule has 0 saturated heterocycles. The van der Waals surface area contributed by atoms with Gasteiger partial charge < -0.3 is 4.57 Å². The number of rotatable bonds is 4. The van der Waals surface area contributed by atoms with E-state index < -0.39 is 0 Å². The predicted molar refractivity (Wildman–Crippen MR) is 74.0 cm³/mol. The van der Waals surface area contributed by atoms with Crippen molar-refractivity contribution < 1.29 is 0 Å². The third kappa shape index (κ3) is 2.27. The van der Waals surface area contributed by atoms with Crippen LogP contribution >= 0.6 is 11.8 Å². The van der Waals surface area contributed by atoms with Crippen LogP contribution in [0.25, 0.3) is 10.9 Å². The molecule has 0 aliphatic carbocycles. The molecule has 1 nitrogen and oxygen atoms in total. The van der Waals surface area contributed by atoms with Gasteiger partial charge in [-0.1, -0.05) is 32.0 Å². The number of hydrogen-bond acceptors (Lipinski definition) is 1. The molecule has 0 aliphatic rings. The molecular formula is C14H19NS. The second kappa shape index (κ2) is 4.96. The highest BCUT2D eigenvalue weighted by Gasteiger charge is 2.07. The summed E-state index contributed by atoms with van der Waals surface area (Å²) >= 11 is 2.01. The summed E-state index contributed by atoms with van der Waals surface area (Å²) in [6.45, 7) is 7.76. The van der Waals surface area contributed by atoms with Crippen LogP contribution in [0.5, 0.6) is 0 Å². The molecule has 0 unspecified atom stereocenters. The number of fused-ring (bicyclic) bond motifs is 1. The summed E-state index contributed by atoms with van der Waals surface area (Å²) in [5.74, 6) is 1.12. The SMILES string of the molecule is CCn1cc(CSC(C)C)c2ccccc21. The third-order valence-corrected chi connectivity index (χ3v) is 3.93. The van der Waals surface area contributed by atoms with E-state index in [1.807, 2.05) is 11.8 Å². The van der Waals surface area contributed by atoms with Gasteiger partial charge in [0, 0.05) is 29.4 Å². The van der Waals surface area contributed by atoms with Crippen LogP contribution in [-0.4, -0.2) is 9.82 Å². The van der Waals surface area contributed by atoms with Crippen molar-refractivity contribution in [2.75, 3.05) is 0 Å². The molecule has 0 bridgehead atoms. The van der Waals surface area contributed by atoms with E-state index in [0.717, 1.165) is 12.3 Å². The highest BCUT2D eigenvalue weighted by atomic mass is 32.2. The van der Waals surface area contributed by atoms with Crippen molar-refractivity contribution in [1.29, 1.82) is 0 Å². The maximum absolute atomic E-state index is 2.34. The second-order valence-corrected chi connectivity index (χ2v) is 5.88. The minimum atomic E-state index is 0.698. The van der Waals surface area contributed by atoms with E-state index in [1.54, 1.807) is 0 Å². The lowest BCUT2D eigenvalue weighted by Gasteiger charge is -2.02. The average molecular weight is 233 g/mol. The summed E-state index contributed by atoms with van der Waals surface area (Å²) in [6.07, 6.45) is 2.31. The molecule has 1 aromatic heterocycles. The zero-order valence-electron chi connectivity index (χ0n) is 10.2. The van der Waals surface area contributed by atoms with Crippen LogP contribution in [0.2, 0.25) is 0 Å². The average Bonchev–Trinajstić information content (AvgIpc) is 2.65. The lowest BCUT2D eigenvalue weighted by atomic mass is 10.2. The van der Waals surface area contributed by atoms with Crippen molar-refractivity contribution in [2.45, 2.75) is 38.3 Å². The molecule has 0 atom stereocenters. The number of aromatic nitrogens is 1. The Balaban J connectivity index is 2.37. The van der Waals surface area contributed by atoms with Crippen LogP contribution in [-0.2, 0) is 12.3 Å². The molecule has 16 heavy (non-hydrogen) atoms. The first kappa shape index (κ1) is 11.6. The fourth-order valence-electron chi connectivity index (χ4n) is 1.96. The zero-order chi connectivity index (χ0) is 11.5. The highest BCUT2D eigenvalue weighted by Crippen LogP contribution is 2.26. The number of thioether (sulfide) groups is 1. The van der Waals surface area contributed by atoms with E-state index in [4.69, 9.17) is 0 Å². The van der Waals surface area contributed by atoms with E-state index in [-0.39, 0.29) is 0 Å². The first-order valence-electron chi connectivity index (χ1n) is 5.90. The number of hydrogen-bond donors (Lipinski definition) is 0. The van der Waals surface area contributed by atoms with Gasteiger partial charge in [0.15, 0.2) is 0 Å². The lowest BCUT2D eigenvalue weighted by Crippen LogP contribution is -1.90. The zero-order valence-corrected chi connectivity index (χ0v) is 11.1. The van der Waals surface area contributed by atoms with Gasteiger partial charge in [-0.15, -0.1) is 0 Å². The Morgan fingerprint density at radius 3 is 2.69 bits per heavy atom. The van der Waals surface area contributed by atoms with E-state index in [0.29, 0.717) is 5.25 Å². The molecule has 2 rings (SSSR count). The van der Waals surface area contributed by atoms with Gasteiger partial charge in [-0.3, -0.25) is 0 Å². The monoisotopic (exact) mass is 233 g/mol. The fraction of sp³-hybridized carbons (Fsp3) is 0.429. The Labute approximate surface area is 102 Å². The van der Waals surface area contributed by atoms with Crippen molar-refractivity contribution in [3.05, 3.63) is 36.0 Å². The van der Waals surface area contributed by atoms with Gasteiger partial charge >= 0.3 is 0 Å². The van der Waals surface area contributed by atoms with E-state index in [1.165, 1.54) is 16.5 Å². The Bertz CT molecular complexity index is 471. The maximum Gasteiger partial charge on any atom is 0.0483 e. The van der Waals surface area contributed by atoms with Crippen molar-refractivity contribution in [2.24, 2.45) is 0 Å². The predicted octanol–water partition coefficient (Wildman–Crippen LogP) is 4.30. The first-order chi connectivity index (χ1) is 7.72. The molecule has 0 saturated carbocycles. The summed E-state index contributed by atoms with van der Waals surface area (Å²) in [5, 5.41) is 2.11. The Kier molecular flexibility index (Phi) is 3.59. The highest BCUT2D eigenvalue weighted by molar-refractivity contribution is 7.99. The third-order valence-electron chi connectivity index (χ3n) is 2.78. The molecule has 86 valence electrons. The minimum absolute atomic E-state index is 0.698. The molecule has 2 heteroatoms. The molecule has 1 heterocycles. The largest absolute Gasteiger partial charge is 0.347 e. The van der Waals surface area contributed by atoms with Gasteiger partial charge in [0.05, 0.1) is 0 Å². The number of para-hydroxylation sites is 1. The number of aryl methyl sites for hydroxylation is 1. The molecule has 0 aliphatic heterocycles. The Morgan fingerprint density at radius 2 is 2.00 bits per heavy atom. The molecule has 0 fully saturated rings. The molecule has 0 radical (unpaired) electrons. The van der Waals surface area contributed by atoms with Gasteiger partial charge in [-0.2, -0.15) is 11.8 Å². The van der Waals surface area contributed by atoms with E-state index >= 15 is 0 Å². The molecule has 0 spiro atoms. The van der Waals surface area contributed by atoms with Crippen LogP contribution in [0.15, 0.2) is 30.5 Å². The summed E-state index contributed by atoms with van der Waals surface area (Å²) < 4.78 is 2.34. The van der Waals surface area contributed by atoms with Crippen LogP contribution in [0.3, 0.4) is 0 Å². The van der Waals surface area contributed by atoms with Crippen LogP contribution in [0, 0.1) is 0 Å². The topological polar surface area (TPSA) is 4.93 Å². The molecular weight excluding hydrogens is 214 g/mol. The molecule has 2 aromatic rings. The van der Waals surface area contributed by atoms with Gasteiger partial charge in [0.2, 0.25) is 0 Å². The van der Waals surface area contributed by atoms with Gasteiger partial charge in [0.1, 0.15) is 0 Å². The van der Waals surface area contributed by atoms with Crippen molar-refractivity contribution in [3.8, 4) is 0 Å². The van der Waals surface area contributed by atoms with Crippen LogP contribution in [0.1, 0.15) is 26.3 Å². The number of nitrogens with zero attached hydrogens (tertiary/aromatic N) is 1. The first-order valence-corrected chi connectivity index (χ1v) is 6.95. The Hall–Kier alpha value is -0.890. The molecule has 0 N–H and O–H groups in total. The van der Waals surface area contributed by atoms with Gasteiger partial charge in [-0.05, 0) is 23.8 Å². The van der Waals surface area contributed by atoms with Gasteiger partial charge in [0.25, 0.3) is 0 Å². The standard InChI is InChI=1S/C14H19NS/c1-4-15-9-12(10-16-11(2)3)13-7-5-6-8-14(13)15/h5-9,11H,4,10H2,1-3H3. The summed E-state index contributed by atoms with van der Waals surface area (Å²) in [7, 11) is 0. The molecule has 0 amide bonds. The lowest BCUT2D eigenvalue weighted by molar-refractivity contribution is 0.795. The fourth-order valence-corrected chi connectivity index (χ4v) is 2.70. The second-order valence-electron chi connectivity index (χ2n) is 4.32. The van der Waals surface area contributed by atoms with E-state index in [9.17, 15) is 0 Å². The smallest absolute Gasteiger partial charge is 0.0483 e. The minimum Gasteiger partial charge on any atom is -0.347 e. The number of benzene rings is 1. The van der Waals surface area contributed by atoms with Crippen molar-refractivity contribution in [3.63, 3.8) is 0 Å². The molecule has 1 aromatic carbocycles. The van der Waals surface area contributed by atoms with Crippen LogP contribution < -0.4 is 0 Å². The van der Waals surface area contributed by atoms with Crippen molar-refractivity contribution in [1.82, 2.24) is 4.57 Å².